The molecular formula is C10H19NO2. The molecule has 0 radical (unpaired) electrons. The van der Waals surface area contributed by atoms with Crippen molar-refractivity contribution in [2.24, 2.45) is 0 Å². The van der Waals surface area contributed by atoms with Crippen LogP contribution in [0.5, 0.6) is 0 Å². The number of nitriles is 1. The second kappa shape index (κ2) is 8.03. The van der Waals surface area contributed by atoms with E-state index in [1.54, 1.807) is 0 Å². The van der Waals surface area contributed by atoms with Gasteiger partial charge in [-0.1, -0.05) is 26.2 Å². The standard InChI is InChI=1S/C10H19NO2/c1-2-3-4-5-9(12)8-10(13)6-7-11/h9-10,12-13H,2-6,8H2,1H3. The molecule has 0 saturated carbocycles. The Labute approximate surface area is 80.0 Å². The van der Waals surface area contributed by atoms with Crippen LogP contribution in [0.4, 0.5) is 0 Å². The first-order valence-electron chi connectivity index (χ1n) is 4.93. The lowest BCUT2D eigenvalue weighted by Crippen LogP contribution is -2.17. The third kappa shape index (κ3) is 7.76. The largest absolute Gasteiger partial charge is 0.393 e. The maximum Gasteiger partial charge on any atom is 0.0694 e. The Kier molecular flexibility index (Phi) is 7.66. The number of rotatable bonds is 7. The van der Waals surface area contributed by atoms with E-state index < -0.39 is 12.2 Å². The van der Waals surface area contributed by atoms with Gasteiger partial charge in [-0.05, 0) is 6.42 Å². The maximum absolute atomic E-state index is 9.40. The molecule has 0 heterocycles. The lowest BCUT2D eigenvalue weighted by atomic mass is 10.0. The van der Waals surface area contributed by atoms with Crippen LogP contribution in [0.15, 0.2) is 0 Å². The molecule has 0 saturated heterocycles. The molecule has 0 aliphatic rings. The molecule has 0 aromatic heterocycles. The van der Waals surface area contributed by atoms with E-state index in [0.717, 1.165) is 25.7 Å². The first-order valence-corrected chi connectivity index (χ1v) is 4.93. The van der Waals surface area contributed by atoms with Crippen molar-refractivity contribution in [3.05, 3.63) is 0 Å². The van der Waals surface area contributed by atoms with Gasteiger partial charge in [0.25, 0.3) is 0 Å². The molecule has 0 aromatic rings. The summed E-state index contributed by atoms with van der Waals surface area (Å²) in [6.45, 7) is 2.11. The third-order valence-electron chi connectivity index (χ3n) is 2.01. The van der Waals surface area contributed by atoms with Crippen LogP contribution in [-0.4, -0.2) is 22.4 Å². The van der Waals surface area contributed by atoms with Crippen LogP contribution >= 0.6 is 0 Å². The van der Waals surface area contributed by atoms with Crippen LogP contribution in [0.2, 0.25) is 0 Å². The number of hydrogen-bond acceptors (Lipinski definition) is 3. The van der Waals surface area contributed by atoms with Crippen LogP contribution in [0.3, 0.4) is 0 Å². The highest BCUT2D eigenvalue weighted by Gasteiger charge is 2.10. The Morgan fingerprint density at radius 3 is 2.46 bits per heavy atom. The minimum absolute atomic E-state index is 0.116. The molecule has 0 amide bonds. The molecule has 2 unspecified atom stereocenters. The molecule has 0 aliphatic heterocycles. The summed E-state index contributed by atoms with van der Waals surface area (Å²) >= 11 is 0. The van der Waals surface area contributed by atoms with Gasteiger partial charge >= 0.3 is 0 Å². The van der Waals surface area contributed by atoms with E-state index in [0.29, 0.717) is 6.42 Å². The number of hydrogen-bond donors (Lipinski definition) is 2. The Bertz CT molecular complexity index is 153. The average molecular weight is 185 g/mol. The van der Waals surface area contributed by atoms with Gasteiger partial charge in [-0.2, -0.15) is 5.26 Å². The van der Waals surface area contributed by atoms with Crippen LogP contribution in [0.25, 0.3) is 0 Å². The Morgan fingerprint density at radius 2 is 1.92 bits per heavy atom. The highest BCUT2D eigenvalue weighted by Crippen LogP contribution is 2.09. The molecule has 0 aliphatic carbocycles. The van der Waals surface area contributed by atoms with E-state index in [1.807, 2.05) is 6.07 Å². The molecule has 13 heavy (non-hydrogen) atoms. The van der Waals surface area contributed by atoms with Gasteiger partial charge in [-0.25, -0.2) is 0 Å². The predicted molar refractivity (Wildman–Crippen MR) is 51.0 cm³/mol. The summed E-state index contributed by atoms with van der Waals surface area (Å²) in [7, 11) is 0. The average Bonchev–Trinajstić information content (AvgIpc) is 2.05. The summed E-state index contributed by atoms with van der Waals surface area (Å²) in [5.41, 5.74) is 0. The van der Waals surface area contributed by atoms with Gasteiger partial charge in [0.15, 0.2) is 0 Å². The summed E-state index contributed by atoms with van der Waals surface area (Å²) in [6.07, 6.45) is 3.31. The quantitative estimate of drug-likeness (QED) is 0.592. The number of aliphatic hydroxyl groups is 2. The van der Waals surface area contributed by atoms with Gasteiger partial charge in [0, 0.05) is 6.42 Å². The molecule has 0 fully saturated rings. The van der Waals surface area contributed by atoms with Crippen molar-refractivity contribution in [2.45, 2.75) is 57.7 Å². The smallest absolute Gasteiger partial charge is 0.0694 e. The molecule has 0 spiro atoms. The van der Waals surface area contributed by atoms with Gasteiger partial charge in [-0.3, -0.25) is 0 Å². The van der Waals surface area contributed by atoms with Gasteiger partial charge in [0.1, 0.15) is 0 Å². The van der Waals surface area contributed by atoms with Crippen LogP contribution < -0.4 is 0 Å². The Balaban J connectivity index is 3.39. The molecule has 3 heteroatoms. The lowest BCUT2D eigenvalue weighted by Gasteiger charge is -2.12. The second-order valence-corrected chi connectivity index (χ2v) is 3.40. The fourth-order valence-electron chi connectivity index (χ4n) is 1.25. The maximum atomic E-state index is 9.40. The van der Waals surface area contributed by atoms with E-state index in [1.165, 1.54) is 0 Å². The van der Waals surface area contributed by atoms with Crippen molar-refractivity contribution in [2.75, 3.05) is 0 Å². The number of nitrogens with zero attached hydrogens (tertiary/aromatic N) is 1. The van der Waals surface area contributed by atoms with E-state index in [9.17, 15) is 10.2 Å². The molecule has 76 valence electrons. The van der Waals surface area contributed by atoms with Crippen molar-refractivity contribution in [3.63, 3.8) is 0 Å². The predicted octanol–water partition coefficient (Wildman–Crippen LogP) is 1.59. The van der Waals surface area contributed by atoms with Crippen LogP contribution in [-0.2, 0) is 0 Å². The van der Waals surface area contributed by atoms with Crippen molar-refractivity contribution in [1.29, 1.82) is 5.26 Å². The number of aliphatic hydroxyl groups excluding tert-OH is 2. The van der Waals surface area contributed by atoms with Crippen molar-refractivity contribution in [1.82, 2.24) is 0 Å². The zero-order valence-electron chi connectivity index (χ0n) is 8.24. The minimum atomic E-state index is -0.665. The minimum Gasteiger partial charge on any atom is -0.393 e. The van der Waals surface area contributed by atoms with Crippen LogP contribution in [0.1, 0.15) is 45.4 Å². The molecule has 0 aromatic carbocycles. The van der Waals surface area contributed by atoms with Gasteiger partial charge in [0.05, 0.1) is 24.7 Å². The van der Waals surface area contributed by atoms with Crippen molar-refractivity contribution in [3.8, 4) is 6.07 Å². The molecule has 2 atom stereocenters. The topological polar surface area (TPSA) is 64.2 Å². The Hall–Kier alpha value is -0.590. The first-order chi connectivity index (χ1) is 6.20. The monoisotopic (exact) mass is 185 g/mol. The van der Waals surface area contributed by atoms with E-state index in [-0.39, 0.29) is 6.42 Å². The molecule has 2 N–H and O–H groups in total. The summed E-state index contributed by atoms with van der Waals surface area (Å²) < 4.78 is 0. The molecule has 3 nitrogen and oxygen atoms in total. The lowest BCUT2D eigenvalue weighted by molar-refractivity contribution is 0.0766. The van der Waals surface area contributed by atoms with E-state index in [2.05, 4.69) is 6.92 Å². The van der Waals surface area contributed by atoms with E-state index in [4.69, 9.17) is 5.26 Å². The molecular weight excluding hydrogens is 166 g/mol. The van der Waals surface area contributed by atoms with E-state index >= 15 is 0 Å². The second-order valence-electron chi connectivity index (χ2n) is 3.40. The number of unbranched alkanes of at least 4 members (excludes halogenated alkanes) is 2. The zero-order valence-corrected chi connectivity index (χ0v) is 8.24. The van der Waals surface area contributed by atoms with Gasteiger partial charge in [0.2, 0.25) is 0 Å². The Morgan fingerprint density at radius 1 is 1.23 bits per heavy atom. The zero-order chi connectivity index (χ0) is 10.1. The summed E-state index contributed by atoms with van der Waals surface area (Å²) in [6, 6.07) is 1.88. The van der Waals surface area contributed by atoms with Gasteiger partial charge < -0.3 is 10.2 Å². The van der Waals surface area contributed by atoms with Crippen LogP contribution in [0, 0.1) is 11.3 Å². The fraction of sp³-hybridized carbons (Fsp3) is 0.900. The van der Waals surface area contributed by atoms with Crippen molar-refractivity contribution < 1.29 is 10.2 Å². The molecule has 0 bridgehead atoms. The summed E-state index contributed by atoms with van der Waals surface area (Å²) in [5.74, 6) is 0. The normalized spacial score (nSPS) is 14.9. The summed E-state index contributed by atoms with van der Waals surface area (Å²) in [4.78, 5) is 0. The SMILES string of the molecule is CCCCCC(O)CC(O)CC#N. The molecule has 0 rings (SSSR count). The van der Waals surface area contributed by atoms with Gasteiger partial charge in [-0.15, -0.1) is 0 Å². The van der Waals surface area contributed by atoms with Crippen molar-refractivity contribution >= 4 is 0 Å². The third-order valence-corrected chi connectivity index (χ3v) is 2.01. The summed E-state index contributed by atoms with van der Waals surface area (Å²) in [5, 5.41) is 26.9. The fourth-order valence-corrected chi connectivity index (χ4v) is 1.25. The highest BCUT2D eigenvalue weighted by molar-refractivity contribution is 4.76. The first kappa shape index (κ1) is 12.4. The highest BCUT2D eigenvalue weighted by atomic mass is 16.3.